The molecular formula is C14H21N5. The molecule has 1 atom stereocenters. The van der Waals surface area contributed by atoms with Crippen LogP contribution in [0.1, 0.15) is 42.1 Å². The highest BCUT2D eigenvalue weighted by Gasteiger charge is 2.19. The minimum Gasteiger partial charge on any atom is -0.348 e. The molecule has 0 spiro atoms. The van der Waals surface area contributed by atoms with E-state index < -0.39 is 0 Å². The van der Waals surface area contributed by atoms with Gasteiger partial charge in [-0.3, -0.25) is 4.68 Å². The summed E-state index contributed by atoms with van der Waals surface area (Å²) in [6, 6.07) is 0.501. The lowest BCUT2D eigenvalue weighted by Gasteiger charge is -2.13. The van der Waals surface area contributed by atoms with Gasteiger partial charge in [-0.05, 0) is 37.4 Å². The second-order valence-corrected chi connectivity index (χ2v) is 5.38. The first-order valence-electron chi connectivity index (χ1n) is 6.97. The molecule has 1 unspecified atom stereocenters. The molecule has 5 heteroatoms. The molecule has 1 aliphatic carbocycles. The van der Waals surface area contributed by atoms with Gasteiger partial charge < -0.3 is 9.88 Å². The summed E-state index contributed by atoms with van der Waals surface area (Å²) in [5.41, 5.74) is 3.96. The molecule has 0 bridgehead atoms. The van der Waals surface area contributed by atoms with E-state index in [0.29, 0.717) is 6.04 Å². The van der Waals surface area contributed by atoms with E-state index in [1.165, 1.54) is 36.8 Å². The highest BCUT2D eigenvalue weighted by Crippen LogP contribution is 2.29. The predicted octanol–water partition coefficient (Wildman–Crippen LogP) is 1.65. The summed E-state index contributed by atoms with van der Waals surface area (Å²) in [4.78, 5) is 0. The minimum absolute atomic E-state index is 0.501. The van der Waals surface area contributed by atoms with E-state index in [0.717, 1.165) is 12.2 Å². The van der Waals surface area contributed by atoms with E-state index in [2.05, 4.69) is 39.6 Å². The summed E-state index contributed by atoms with van der Waals surface area (Å²) < 4.78 is 3.99. The molecule has 0 amide bonds. The van der Waals surface area contributed by atoms with Gasteiger partial charge in [-0.25, -0.2) is 0 Å². The van der Waals surface area contributed by atoms with Crippen LogP contribution in [0.3, 0.4) is 0 Å². The molecule has 0 saturated heterocycles. The van der Waals surface area contributed by atoms with Crippen molar-refractivity contribution in [2.45, 2.75) is 38.3 Å². The lowest BCUT2D eigenvalue weighted by molar-refractivity contribution is 0.531. The first-order chi connectivity index (χ1) is 9.26. The lowest BCUT2D eigenvalue weighted by atomic mass is 10.1. The van der Waals surface area contributed by atoms with Crippen LogP contribution in [0.25, 0.3) is 0 Å². The Kier molecular flexibility index (Phi) is 3.38. The van der Waals surface area contributed by atoms with E-state index in [9.17, 15) is 0 Å². The SMILES string of the molecule is CNC1CCCCc2cn(Cc3cn(C)nn3)cc21. The first-order valence-corrected chi connectivity index (χ1v) is 6.97. The van der Waals surface area contributed by atoms with Gasteiger partial charge in [-0.1, -0.05) is 11.6 Å². The fraction of sp³-hybridized carbons (Fsp3) is 0.571. The summed E-state index contributed by atoms with van der Waals surface area (Å²) in [6.07, 6.45) is 11.6. The molecule has 1 aliphatic rings. The molecule has 5 nitrogen and oxygen atoms in total. The van der Waals surface area contributed by atoms with Gasteiger partial charge in [-0.2, -0.15) is 0 Å². The normalized spacial score (nSPS) is 19.2. The van der Waals surface area contributed by atoms with Gasteiger partial charge in [-0.15, -0.1) is 5.10 Å². The van der Waals surface area contributed by atoms with Crippen LogP contribution in [0, 0.1) is 0 Å². The van der Waals surface area contributed by atoms with Crippen LogP contribution in [0.2, 0.25) is 0 Å². The van der Waals surface area contributed by atoms with Crippen molar-refractivity contribution in [1.82, 2.24) is 24.9 Å². The Hall–Kier alpha value is -1.62. The lowest BCUT2D eigenvalue weighted by Crippen LogP contribution is -2.15. The number of hydrogen-bond acceptors (Lipinski definition) is 3. The van der Waals surface area contributed by atoms with Gasteiger partial charge in [0.2, 0.25) is 0 Å². The number of aromatic nitrogens is 4. The van der Waals surface area contributed by atoms with Gasteiger partial charge >= 0.3 is 0 Å². The smallest absolute Gasteiger partial charge is 0.102 e. The van der Waals surface area contributed by atoms with E-state index >= 15 is 0 Å². The Labute approximate surface area is 113 Å². The van der Waals surface area contributed by atoms with E-state index in [4.69, 9.17) is 0 Å². The van der Waals surface area contributed by atoms with Crippen molar-refractivity contribution in [2.75, 3.05) is 7.05 Å². The summed E-state index contributed by atoms with van der Waals surface area (Å²) in [7, 11) is 3.96. The van der Waals surface area contributed by atoms with E-state index in [1.807, 2.05) is 13.2 Å². The van der Waals surface area contributed by atoms with Gasteiger partial charge in [0.1, 0.15) is 5.69 Å². The zero-order valence-electron chi connectivity index (χ0n) is 11.6. The van der Waals surface area contributed by atoms with Crippen molar-refractivity contribution in [3.8, 4) is 0 Å². The first kappa shape index (κ1) is 12.4. The van der Waals surface area contributed by atoms with Crippen molar-refractivity contribution >= 4 is 0 Å². The van der Waals surface area contributed by atoms with Crippen molar-refractivity contribution in [3.05, 3.63) is 35.4 Å². The Bertz CT molecular complexity index is 554. The predicted molar refractivity (Wildman–Crippen MR) is 73.9 cm³/mol. The van der Waals surface area contributed by atoms with Gasteiger partial charge in [0.15, 0.2) is 0 Å². The Morgan fingerprint density at radius 1 is 1.32 bits per heavy atom. The second kappa shape index (κ2) is 5.17. The summed E-state index contributed by atoms with van der Waals surface area (Å²) in [5.74, 6) is 0. The van der Waals surface area contributed by atoms with E-state index in [-0.39, 0.29) is 0 Å². The molecule has 0 saturated carbocycles. The van der Waals surface area contributed by atoms with Crippen LogP contribution < -0.4 is 5.32 Å². The fourth-order valence-corrected chi connectivity index (χ4v) is 2.96. The maximum Gasteiger partial charge on any atom is 0.102 e. The van der Waals surface area contributed by atoms with Crippen LogP contribution in [0.4, 0.5) is 0 Å². The number of fused-ring (bicyclic) bond motifs is 1. The third-order valence-electron chi connectivity index (χ3n) is 3.90. The number of nitrogens with one attached hydrogen (secondary N) is 1. The molecule has 2 aromatic heterocycles. The zero-order valence-corrected chi connectivity index (χ0v) is 11.6. The van der Waals surface area contributed by atoms with Crippen LogP contribution in [-0.2, 0) is 20.0 Å². The average Bonchev–Trinajstić information content (AvgIpc) is 2.92. The van der Waals surface area contributed by atoms with Crippen LogP contribution in [0.15, 0.2) is 18.6 Å². The third kappa shape index (κ3) is 2.56. The largest absolute Gasteiger partial charge is 0.348 e. The molecule has 0 radical (unpaired) electrons. The van der Waals surface area contributed by atoms with Crippen molar-refractivity contribution in [2.24, 2.45) is 7.05 Å². The molecule has 2 aromatic rings. The van der Waals surface area contributed by atoms with Crippen molar-refractivity contribution in [3.63, 3.8) is 0 Å². The maximum atomic E-state index is 4.15. The van der Waals surface area contributed by atoms with Gasteiger partial charge in [0.25, 0.3) is 0 Å². The van der Waals surface area contributed by atoms with Crippen molar-refractivity contribution < 1.29 is 0 Å². The van der Waals surface area contributed by atoms with Crippen molar-refractivity contribution in [1.29, 1.82) is 0 Å². The Morgan fingerprint density at radius 3 is 2.95 bits per heavy atom. The molecule has 19 heavy (non-hydrogen) atoms. The fourth-order valence-electron chi connectivity index (χ4n) is 2.96. The number of hydrogen-bond donors (Lipinski definition) is 1. The number of rotatable bonds is 3. The summed E-state index contributed by atoms with van der Waals surface area (Å²) in [5, 5.41) is 11.6. The van der Waals surface area contributed by atoms with Crippen LogP contribution in [-0.4, -0.2) is 26.6 Å². The van der Waals surface area contributed by atoms with Crippen LogP contribution >= 0.6 is 0 Å². The summed E-state index contributed by atoms with van der Waals surface area (Å²) in [6.45, 7) is 0.803. The molecule has 0 aliphatic heterocycles. The standard InChI is InChI=1S/C14H21N5/c1-15-14-6-4-3-5-11-7-19(10-13(11)14)9-12-8-18(2)17-16-12/h7-8,10,14-15H,3-6,9H2,1-2H3. The topological polar surface area (TPSA) is 47.7 Å². The minimum atomic E-state index is 0.501. The van der Waals surface area contributed by atoms with Crippen LogP contribution in [0.5, 0.6) is 0 Å². The Morgan fingerprint density at radius 2 is 2.21 bits per heavy atom. The average molecular weight is 259 g/mol. The van der Waals surface area contributed by atoms with Gasteiger partial charge in [0, 0.05) is 31.7 Å². The Balaban J connectivity index is 1.84. The molecule has 2 heterocycles. The van der Waals surface area contributed by atoms with Gasteiger partial charge in [0.05, 0.1) is 6.54 Å². The molecule has 1 N–H and O–H groups in total. The quantitative estimate of drug-likeness (QED) is 0.853. The molecule has 3 rings (SSSR count). The molecule has 102 valence electrons. The molecular weight excluding hydrogens is 238 g/mol. The molecule has 0 aromatic carbocycles. The third-order valence-corrected chi connectivity index (χ3v) is 3.90. The highest BCUT2D eigenvalue weighted by atomic mass is 15.4. The molecule has 0 fully saturated rings. The summed E-state index contributed by atoms with van der Waals surface area (Å²) >= 11 is 0. The maximum absolute atomic E-state index is 4.15. The monoisotopic (exact) mass is 259 g/mol. The highest BCUT2D eigenvalue weighted by molar-refractivity contribution is 5.29. The number of aryl methyl sites for hydroxylation is 2. The number of nitrogens with zero attached hydrogens (tertiary/aromatic N) is 4. The van der Waals surface area contributed by atoms with E-state index in [1.54, 1.807) is 4.68 Å². The second-order valence-electron chi connectivity index (χ2n) is 5.38. The zero-order chi connectivity index (χ0) is 13.2.